The van der Waals surface area contributed by atoms with Gasteiger partial charge in [0.2, 0.25) is 17.7 Å². The van der Waals surface area contributed by atoms with Gasteiger partial charge in [-0.2, -0.15) is 0 Å². The summed E-state index contributed by atoms with van der Waals surface area (Å²) in [4.78, 5) is 68.3. The summed E-state index contributed by atoms with van der Waals surface area (Å²) >= 11 is 0. The molecular weight excluding hydrogens is 512 g/mol. The second kappa shape index (κ2) is 14.5. The molecule has 212 valence electrons. The molecule has 3 amide bonds. The van der Waals surface area contributed by atoms with Gasteiger partial charge in [0.05, 0.1) is 18.8 Å². The molecule has 0 saturated heterocycles. The number of carbonyl (C=O) groups excluding carboxylic acids is 3. The number of benzene rings is 1. The van der Waals surface area contributed by atoms with Crippen LogP contribution in [0.3, 0.4) is 0 Å². The Morgan fingerprint density at radius 2 is 1.49 bits per heavy atom. The summed E-state index contributed by atoms with van der Waals surface area (Å²) in [6.07, 6.45) is 2.16. The van der Waals surface area contributed by atoms with Crippen LogP contribution < -0.4 is 21.7 Å². The van der Waals surface area contributed by atoms with Gasteiger partial charge in [0.25, 0.3) is 0 Å². The highest BCUT2D eigenvalue weighted by atomic mass is 16.4. The number of imidazole rings is 1. The van der Waals surface area contributed by atoms with Crippen LogP contribution >= 0.6 is 0 Å². The molecule has 0 aliphatic carbocycles. The number of carboxylic acids is 2. The number of nitrogens with zero attached hydrogens (tertiary/aromatic N) is 1. The second-order valence-electron chi connectivity index (χ2n) is 9.51. The monoisotopic (exact) mass is 546 g/mol. The van der Waals surface area contributed by atoms with Crippen LogP contribution in [0, 0.1) is 5.92 Å². The van der Waals surface area contributed by atoms with E-state index in [2.05, 4.69) is 25.9 Å². The number of aromatic amines is 1. The van der Waals surface area contributed by atoms with Crippen molar-refractivity contribution in [2.75, 3.05) is 0 Å². The zero-order chi connectivity index (χ0) is 29.1. The summed E-state index contributed by atoms with van der Waals surface area (Å²) in [5.74, 6) is -5.04. The minimum Gasteiger partial charge on any atom is -0.508 e. The molecule has 14 nitrogen and oxygen atoms in total. The largest absolute Gasteiger partial charge is 0.508 e. The van der Waals surface area contributed by atoms with Gasteiger partial charge in [0.15, 0.2) is 0 Å². The van der Waals surface area contributed by atoms with E-state index in [1.807, 2.05) is 0 Å². The maximum atomic E-state index is 13.3. The zero-order valence-corrected chi connectivity index (χ0v) is 21.6. The van der Waals surface area contributed by atoms with Gasteiger partial charge < -0.3 is 42.0 Å². The van der Waals surface area contributed by atoms with Crippen LogP contribution in [-0.4, -0.2) is 79.1 Å². The van der Waals surface area contributed by atoms with Crippen molar-refractivity contribution in [3.63, 3.8) is 0 Å². The Kier molecular flexibility index (Phi) is 11.4. The van der Waals surface area contributed by atoms with Gasteiger partial charge in [-0.1, -0.05) is 26.0 Å². The van der Waals surface area contributed by atoms with Gasteiger partial charge in [-0.25, -0.2) is 9.78 Å². The Morgan fingerprint density at radius 1 is 0.897 bits per heavy atom. The summed E-state index contributed by atoms with van der Waals surface area (Å²) in [6, 6.07) is 0.750. The maximum absolute atomic E-state index is 13.3. The number of amides is 3. The van der Waals surface area contributed by atoms with Crippen LogP contribution in [0.4, 0.5) is 0 Å². The van der Waals surface area contributed by atoms with E-state index in [0.717, 1.165) is 0 Å². The van der Waals surface area contributed by atoms with Gasteiger partial charge in [-0.15, -0.1) is 0 Å². The summed E-state index contributed by atoms with van der Waals surface area (Å²) in [7, 11) is 0. The van der Waals surface area contributed by atoms with Gasteiger partial charge in [0.1, 0.15) is 23.9 Å². The quantitative estimate of drug-likeness (QED) is 0.140. The number of rotatable bonds is 15. The number of nitrogens with two attached hydrogens (primary N) is 1. The smallest absolute Gasteiger partial charge is 0.326 e. The van der Waals surface area contributed by atoms with Crippen molar-refractivity contribution in [1.82, 2.24) is 25.9 Å². The molecule has 1 aromatic heterocycles. The molecular formula is C25H34N6O8. The molecule has 1 aromatic carbocycles. The Balaban J connectivity index is 2.25. The molecule has 14 heteroatoms. The fourth-order valence-corrected chi connectivity index (χ4v) is 3.70. The molecule has 4 atom stereocenters. The first-order valence-corrected chi connectivity index (χ1v) is 12.2. The number of aliphatic carboxylic acids is 2. The van der Waals surface area contributed by atoms with Crippen molar-refractivity contribution in [3.05, 3.63) is 48.0 Å². The predicted molar refractivity (Wildman–Crippen MR) is 137 cm³/mol. The van der Waals surface area contributed by atoms with Crippen LogP contribution in [0.5, 0.6) is 5.75 Å². The third-order valence-corrected chi connectivity index (χ3v) is 5.67. The van der Waals surface area contributed by atoms with E-state index in [4.69, 9.17) is 10.8 Å². The highest BCUT2D eigenvalue weighted by Crippen LogP contribution is 2.13. The SMILES string of the molecule is CC(C)CC(NC(=O)C(N)CC(=O)O)C(=O)NC(Cc1ccc(O)cc1)C(=O)NC(Cc1cnc[nH]1)C(=O)O. The first-order chi connectivity index (χ1) is 18.3. The number of hydrogen-bond acceptors (Lipinski definition) is 8. The molecule has 0 bridgehead atoms. The molecule has 0 saturated carbocycles. The standard InChI is InChI=1S/C25H34N6O8/c1-13(2)7-18(29-22(35)17(26)10-21(33)34)23(36)30-19(8-14-3-5-16(32)6-4-14)24(37)31-20(25(38)39)9-15-11-27-12-28-15/h3-6,11-13,17-20,32H,7-10,26H2,1-2H3,(H,27,28)(H,29,35)(H,30,36)(H,31,37)(H,33,34)(H,38,39). The van der Waals surface area contributed by atoms with Crippen molar-refractivity contribution in [2.45, 2.75) is 63.7 Å². The summed E-state index contributed by atoms with van der Waals surface area (Å²) < 4.78 is 0. The number of hydrogen-bond donors (Lipinski definition) is 8. The molecule has 39 heavy (non-hydrogen) atoms. The van der Waals surface area contributed by atoms with Crippen molar-refractivity contribution in [3.8, 4) is 5.75 Å². The summed E-state index contributed by atoms with van der Waals surface area (Å²) in [5.41, 5.74) is 6.66. The molecule has 0 spiro atoms. The number of aromatic hydroxyl groups is 1. The van der Waals surface area contributed by atoms with E-state index in [1.54, 1.807) is 26.0 Å². The maximum Gasteiger partial charge on any atom is 0.326 e. The van der Waals surface area contributed by atoms with E-state index < -0.39 is 60.2 Å². The zero-order valence-electron chi connectivity index (χ0n) is 21.6. The van der Waals surface area contributed by atoms with E-state index in [9.17, 15) is 34.2 Å². The molecule has 2 aromatic rings. The van der Waals surface area contributed by atoms with Crippen LogP contribution in [0.15, 0.2) is 36.8 Å². The third kappa shape index (κ3) is 10.4. The second-order valence-corrected chi connectivity index (χ2v) is 9.51. The van der Waals surface area contributed by atoms with Crippen molar-refractivity contribution < 1.29 is 39.3 Å². The lowest BCUT2D eigenvalue weighted by Gasteiger charge is -2.26. The number of nitrogens with one attached hydrogen (secondary N) is 4. The Labute approximate surface area is 224 Å². The molecule has 0 aliphatic heterocycles. The molecule has 9 N–H and O–H groups in total. The lowest BCUT2D eigenvalue weighted by Crippen LogP contribution is -2.58. The van der Waals surface area contributed by atoms with Crippen molar-refractivity contribution in [1.29, 1.82) is 0 Å². The minimum absolute atomic E-state index is 0.00769. The number of H-pyrrole nitrogens is 1. The van der Waals surface area contributed by atoms with Crippen LogP contribution in [0.2, 0.25) is 0 Å². The van der Waals surface area contributed by atoms with Gasteiger partial charge in [-0.3, -0.25) is 19.2 Å². The number of phenols is 1. The Bertz CT molecular complexity index is 1140. The lowest BCUT2D eigenvalue weighted by atomic mass is 10.00. The van der Waals surface area contributed by atoms with E-state index in [1.165, 1.54) is 24.7 Å². The minimum atomic E-state index is -1.39. The van der Waals surface area contributed by atoms with Crippen LogP contribution in [0.1, 0.15) is 37.9 Å². The van der Waals surface area contributed by atoms with Gasteiger partial charge in [-0.05, 0) is 30.0 Å². The Hall–Kier alpha value is -4.46. The highest BCUT2D eigenvalue weighted by Gasteiger charge is 2.31. The van der Waals surface area contributed by atoms with Gasteiger partial charge >= 0.3 is 11.9 Å². The van der Waals surface area contributed by atoms with Crippen molar-refractivity contribution in [2.24, 2.45) is 11.7 Å². The fourth-order valence-electron chi connectivity index (χ4n) is 3.70. The lowest BCUT2D eigenvalue weighted by molar-refractivity contribution is -0.142. The number of aromatic nitrogens is 2. The average molecular weight is 547 g/mol. The highest BCUT2D eigenvalue weighted by molar-refractivity contribution is 5.94. The van der Waals surface area contributed by atoms with Gasteiger partial charge in [0, 0.05) is 24.7 Å². The third-order valence-electron chi connectivity index (χ3n) is 5.67. The molecule has 1 heterocycles. The van der Waals surface area contributed by atoms with Crippen LogP contribution in [0.25, 0.3) is 0 Å². The van der Waals surface area contributed by atoms with Crippen molar-refractivity contribution >= 4 is 29.7 Å². The first kappa shape index (κ1) is 30.8. The molecule has 0 fully saturated rings. The summed E-state index contributed by atoms with van der Waals surface area (Å²) in [5, 5.41) is 35.6. The average Bonchev–Trinajstić information content (AvgIpc) is 3.36. The number of phenolic OH excluding ortho intramolecular Hbond substituents is 1. The fraction of sp³-hybridized carbons (Fsp3) is 0.440. The number of carbonyl (C=O) groups is 5. The Morgan fingerprint density at radius 3 is 2.03 bits per heavy atom. The van der Waals surface area contributed by atoms with E-state index in [0.29, 0.717) is 11.3 Å². The van der Waals surface area contributed by atoms with E-state index in [-0.39, 0.29) is 30.9 Å². The molecule has 4 unspecified atom stereocenters. The first-order valence-electron chi connectivity index (χ1n) is 12.2. The predicted octanol–water partition coefficient (Wildman–Crippen LogP) is -0.712. The normalized spacial score (nSPS) is 14.1. The molecule has 0 radical (unpaired) electrons. The van der Waals surface area contributed by atoms with Crippen LogP contribution in [-0.2, 0) is 36.8 Å². The summed E-state index contributed by atoms with van der Waals surface area (Å²) in [6.45, 7) is 3.61. The topological polar surface area (TPSA) is 237 Å². The van der Waals surface area contributed by atoms with E-state index >= 15 is 0 Å². The molecule has 2 rings (SSSR count). The number of carboxylic acid groups (broad SMARTS) is 2. The molecule has 0 aliphatic rings.